The summed E-state index contributed by atoms with van der Waals surface area (Å²) >= 11 is 0. The van der Waals surface area contributed by atoms with E-state index in [9.17, 15) is 4.79 Å². The molecular formula is C14H20O3. The second-order valence-electron chi connectivity index (χ2n) is 3.95. The Kier molecular flexibility index (Phi) is 6.33. The molecule has 0 aliphatic heterocycles. The van der Waals surface area contributed by atoms with Gasteiger partial charge >= 0.3 is 5.97 Å². The minimum absolute atomic E-state index is 0.305. The van der Waals surface area contributed by atoms with Crippen molar-refractivity contribution in [1.29, 1.82) is 0 Å². The topological polar surface area (TPSA) is 35.5 Å². The van der Waals surface area contributed by atoms with Gasteiger partial charge in [0.15, 0.2) is 0 Å². The van der Waals surface area contributed by atoms with E-state index in [4.69, 9.17) is 4.74 Å². The van der Waals surface area contributed by atoms with Gasteiger partial charge in [0, 0.05) is 6.61 Å². The predicted octanol–water partition coefficient (Wildman–Crippen LogP) is 3.18. The molecule has 0 bridgehead atoms. The summed E-state index contributed by atoms with van der Waals surface area (Å²) < 4.78 is 10.2. The number of carbonyl (C=O) groups is 1. The van der Waals surface area contributed by atoms with Crippen molar-refractivity contribution in [3.8, 4) is 0 Å². The molecule has 0 atom stereocenters. The van der Waals surface area contributed by atoms with E-state index in [1.165, 1.54) is 20.0 Å². The lowest BCUT2D eigenvalue weighted by Gasteiger charge is -2.05. The van der Waals surface area contributed by atoms with Crippen LogP contribution in [0.4, 0.5) is 0 Å². The Morgan fingerprint density at radius 1 is 1.18 bits per heavy atom. The molecule has 94 valence electrons. The summed E-state index contributed by atoms with van der Waals surface area (Å²) in [5, 5.41) is 0. The smallest absolute Gasteiger partial charge is 0.337 e. The highest BCUT2D eigenvalue weighted by molar-refractivity contribution is 5.89. The Labute approximate surface area is 103 Å². The van der Waals surface area contributed by atoms with E-state index >= 15 is 0 Å². The van der Waals surface area contributed by atoms with Crippen LogP contribution in [0.15, 0.2) is 24.3 Å². The molecule has 0 spiro atoms. The molecule has 0 N–H and O–H groups in total. The monoisotopic (exact) mass is 236 g/mol. The van der Waals surface area contributed by atoms with Gasteiger partial charge in [-0.3, -0.25) is 0 Å². The van der Waals surface area contributed by atoms with E-state index in [0.717, 1.165) is 18.6 Å². The molecule has 0 aliphatic rings. The summed E-state index contributed by atoms with van der Waals surface area (Å²) in [5.41, 5.74) is 1.65. The first-order chi connectivity index (χ1) is 8.27. The number of ether oxygens (including phenoxy) is 2. The molecule has 1 rings (SSSR count). The van der Waals surface area contributed by atoms with Gasteiger partial charge in [-0.2, -0.15) is 0 Å². The maximum atomic E-state index is 11.2. The molecule has 0 saturated heterocycles. The highest BCUT2D eigenvalue weighted by Crippen LogP contribution is 2.07. The summed E-state index contributed by atoms with van der Waals surface area (Å²) in [4.78, 5) is 11.2. The minimum Gasteiger partial charge on any atom is -0.465 e. The van der Waals surface area contributed by atoms with Gasteiger partial charge in [-0.25, -0.2) is 4.79 Å². The van der Waals surface area contributed by atoms with E-state index in [1.54, 1.807) is 12.1 Å². The molecule has 0 aliphatic carbocycles. The third-order valence-corrected chi connectivity index (χ3v) is 2.54. The van der Waals surface area contributed by atoms with Gasteiger partial charge in [-0.1, -0.05) is 31.9 Å². The van der Waals surface area contributed by atoms with Gasteiger partial charge < -0.3 is 9.47 Å². The summed E-state index contributed by atoms with van der Waals surface area (Å²) in [6.07, 6.45) is 3.52. The first kappa shape index (κ1) is 13.7. The van der Waals surface area contributed by atoms with Crippen molar-refractivity contribution >= 4 is 5.97 Å². The van der Waals surface area contributed by atoms with Crippen molar-refractivity contribution in [2.24, 2.45) is 0 Å². The van der Waals surface area contributed by atoms with E-state index in [0.29, 0.717) is 12.2 Å². The number of carbonyl (C=O) groups excluding carboxylic acids is 1. The lowest BCUT2D eigenvalue weighted by molar-refractivity contribution is 0.0600. The number of hydrogen-bond acceptors (Lipinski definition) is 3. The lowest BCUT2D eigenvalue weighted by Crippen LogP contribution is -2.01. The Morgan fingerprint density at radius 3 is 2.47 bits per heavy atom. The molecule has 0 unspecified atom stereocenters. The van der Waals surface area contributed by atoms with E-state index in [-0.39, 0.29) is 5.97 Å². The van der Waals surface area contributed by atoms with Crippen LogP contribution in [-0.2, 0) is 16.1 Å². The fourth-order valence-electron chi connectivity index (χ4n) is 1.50. The largest absolute Gasteiger partial charge is 0.465 e. The van der Waals surface area contributed by atoms with Crippen LogP contribution in [-0.4, -0.2) is 19.7 Å². The third kappa shape index (κ3) is 5.00. The van der Waals surface area contributed by atoms with Crippen LogP contribution < -0.4 is 0 Å². The maximum absolute atomic E-state index is 11.2. The highest BCUT2D eigenvalue weighted by atomic mass is 16.5. The zero-order valence-corrected chi connectivity index (χ0v) is 10.6. The third-order valence-electron chi connectivity index (χ3n) is 2.54. The van der Waals surface area contributed by atoms with E-state index in [1.807, 2.05) is 12.1 Å². The Hall–Kier alpha value is -1.35. The number of esters is 1. The van der Waals surface area contributed by atoms with Crippen LogP contribution in [0, 0.1) is 0 Å². The van der Waals surface area contributed by atoms with Crippen molar-refractivity contribution in [3.05, 3.63) is 35.4 Å². The number of benzene rings is 1. The van der Waals surface area contributed by atoms with Crippen molar-refractivity contribution in [3.63, 3.8) is 0 Å². The van der Waals surface area contributed by atoms with Crippen LogP contribution in [0.5, 0.6) is 0 Å². The number of unbranched alkanes of at least 4 members (excludes halogenated alkanes) is 2. The van der Waals surface area contributed by atoms with Gasteiger partial charge in [0.1, 0.15) is 0 Å². The summed E-state index contributed by atoms with van der Waals surface area (Å²) in [6, 6.07) is 7.31. The average molecular weight is 236 g/mol. The van der Waals surface area contributed by atoms with Gasteiger partial charge in [0.05, 0.1) is 19.3 Å². The molecule has 0 aromatic heterocycles. The lowest BCUT2D eigenvalue weighted by atomic mass is 10.1. The minimum atomic E-state index is -0.305. The van der Waals surface area contributed by atoms with Crippen LogP contribution in [0.1, 0.15) is 42.1 Å². The number of hydrogen-bond donors (Lipinski definition) is 0. The quantitative estimate of drug-likeness (QED) is 0.539. The molecule has 0 fully saturated rings. The molecule has 1 aromatic carbocycles. The second kappa shape index (κ2) is 7.85. The van der Waals surface area contributed by atoms with Crippen molar-refractivity contribution in [1.82, 2.24) is 0 Å². The van der Waals surface area contributed by atoms with Gasteiger partial charge in [0.2, 0.25) is 0 Å². The predicted molar refractivity (Wildman–Crippen MR) is 67.0 cm³/mol. The van der Waals surface area contributed by atoms with E-state index < -0.39 is 0 Å². The second-order valence-corrected chi connectivity index (χ2v) is 3.95. The maximum Gasteiger partial charge on any atom is 0.337 e. The van der Waals surface area contributed by atoms with Crippen LogP contribution in [0.2, 0.25) is 0 Å². The SMILES string of the molecule is CCCCCOCc1ccc(C(=O)OC)cc1. The summed E-state index contributed by atoms with van der Waals surface area (Å²) in [5.74, 6) is -0.305. The molecule has 0 saturated carbocycles. The average Bonchev–Trinajstić information content (AvgIpc) is 2.38. The summed E-state index contributed by atoms with van der Waals surface area (Å²) in [6.45, 7) is 3.57. The zero-order valence-electron chi connectivity index (χ0n) is 10.6. The molecular weight excluding hydrogens is 216 g/mol. The van der Waals surface area contributed by atoms with Crippen molar-refractivity contribution in [2.75, 3.05) is 13.7 Å². The fourth-order valence-corrected chi connectivity index (χ4v) is 1.50. The van der Waals surface area contributed by atoms with Crippen LogP contribution in [0.25, 0.3) is 0 Å². The number of rotatable bonds is 7. The first-order valence-electron chi connectivity index (χ1n) is 6.03. The fraction of sp³-hybridized carbons (Fsp3) is 0.500. The van der Waals surface area contributed by atoms with Gasteiger partial charge in [-0.15, -0.1) is 0 Å². The normalized spacial score (nSPS) is 10.2. The molecule has 3 heteroatoms. The Balaban J connectivity index is 2.33. The molecule has 0 heterocycles. The highest BCUT2D eigenvalue weighted by Gasteiger charge is 2.03. The van der Waals surface area contributed by atoms with Crippen LogP contribution in [0.3, 0.4) is 0 Å². The van der Waals surface area contributed by atoms with Gasteiger partial charge in [-0.05, 0) is 24.1 Å². The molecule has 0 amide bonds. The van der Waals surface area contributed by atoms with Crippen LogP contribution >= 0.6 is 0 Å². The van der Waals surface area contributed by atoms with Gasteiger partial charge in [0.25, 0.3) is 0 Å². The summed E-state index contributed by atoms with van der Waals surface area (Å²) in [7, 11) is 1.38. The first-order valence-corrected chi connectivity index (χ1v) is 6.03. The van der Waals surface area contributed by atoms with Crippen molar-refractivity contribution in [2.45, 2.75) is 32.8 Å². The molecule has 0 radical (unpaired) electrons. The Morgan fingerprint density at radius 2 is 1.88 bits per heavy atom. The molecule has 1 aromatic rings. The zero-order chi connectivity index (χ0) is 12.5. The van der Waals surface area contributed by atoms with E-state index in [2.05, 4.69) is 11.7 Å². The molecule has 3 nitrogen and oxygen atoms in total. The van der Waals surface area contributed by atoms with Crippen molar-refractivity contribution < 1.29 is 14.3 Å². The number of methoxy groups -OCH3 is 1. The molecule has 17 heavy (non-hydrogen) atoms. The standard InChI is InChI=1S/C14H20O3/c1-3-4-5-10-17-11-12-6-8-13(9-7-12)14(15)16-2/h6-9H,3-5,10-11H2,1-2H3. The Bertz CT molecular complexity index is 330.